The molecule has 9 aromatic carbocycles. The van der Waals surface area contributed by atoms with Crippen molar-refractivity contribution in [1.82, 2.24) is 4.57 Å². The summed E-state index contributed by atoms with van der Waals surface area (Å²) < 4.78 is 8.84. The molecular formula is C48H30N2O. The Balaban J connectivity index is 1.21. The Labute approximate surface area is 293 Å². The van der Waals surface area contributed by atoms with Gasteiger partial charge < -0.3 is 13.9 Å². The van der Waals surface area contributed by atoms with Crippen molar-refractivity contribution in [3.8, 4) is 5.69 Å². The maximum atomic E-state index is 6.46. The number of fused-ring (bicyclic) bond motifs is 11. The quantitative estimate of drug-likeness (QED) is 0.177. The highest BCUT2D eigenvalue weighted by molar-refractivity contribution is 6.21. The summed E-state index contributed by atoms with van der Waals surface area (Å²) in [6.45, 7) is 0. The van der Waals surface area contributed by atoms with Crippen LogP contribution in [0.15, 0.2) is 186 Å². The molecule has 0 spiro atoms. The predicted molar refractivity (Wildman–Crippen MR) is 215 cm³/mol. The van der Waals surface area contributed by atoms with Crippen LogP contribution in [-0.2, 0) is 0 Å². The van der Waals surface area contributed by atoms with Crippen molar-refractivity contribution >= 4 is 93.1 Å². The van der Waals surface area contributed by atoms with E-state index in [9.17, 15) is 0 Å². The zero-order chi connectivity index (χ0) is 33.5. The number of aromatic nitrogens is 1. The maximum Gasteiger partial charge on any atom is 0.137 e. The molecular weight excluding hydrogens is 621 g/mol. The molecule has 3 nitrogen and oxygen atoms in total. The van der Waals surface area contributed by atoms with Gasteiger partial charge in [-0.05, 0) is 93.0 Å². The van der Waals surface area contributed by atoms with Crippen molar-refractivity contribution in [2.45, 2.75) is 0 Å². The molecule has 0 aliphatic heterocycles. The van der Waals surface area contributed by atoms with Crippen molar-refractivity contribution in [3.05, 3.63) is 182 Å². The van der Waals surface area contributed by atoms with Crippen LogP contribution in [-0.4, -0.2) is 4.57 Å². The van der Waals surface area contributed by atoms with Gasteiger partial charge >= 0.3 is 0 Å². The molecule has 0 aliphatic rings. The largest absolute Gasteiger partial charge is 0.456 e. The minimum Gasteiger partial charge on any atom is -0.456 e. The van der Waals surface area contributed by atoms with E-state index in [1.807, 2.05) is 12.1 Å². The lowest BCUT2D eigenvalue weighted by Crippen LogP contribution is -2.10. The van der Waals surface area contributed by atoms with Crippen LogP contribution in [0.25, 0.3) is 81.7 Å². The molecule has 0 aliphatic carbocycles. The molecule has 2 aromatic heterocycles. The molecule has 0 amide bonds. The smallest absolute Gasteiger partial charge is 0.137 e. The number of rotatable bonds is 4. The summed E-state index contributed by atoms with van der Waals surface area (Å²) in [7, 11) is 0. The van der Waals surface area contributed by atoms with Gasteiger partial charge in [0.05, 0.1) is 16.7 Å². The summed E-state index contributed by atoms with van der Waals surface area (Å²) >= 11 is 0. The van der Waals surface area contributed by atoms with Gasteiger partial charge in [-0.2, -0.15) is 0 Å². The van der Waals surface area contributed by atoms with Crippen LogP contribution in [0.5, 0.6) is 0 Å². The molecule has 238 valence electrons. The molecule has 11 aromatic rings. The first-order chi connectivity index (χ1) is 25.3. The molecule has 0 unspecified atom stereocenters. The Morgan fingerprint density at radius 2 is 1.00 bits per heavy atom. The minimum absolute atomic E-state index is 0.871. The van der Waals surface area contributed by atoms with Gasteiger partial charge in [0.1, 0.15) is 11.2 Å². The molecule has 0 radical (unpaired) electrons. The van der Waals surface area contributed by atoms with Crippen molar-refractivity contribution in [3.63, 3.8) is 0 Å². The first-order valence-electron chi connectivity index (χ1n) is 17.4. The first-order valence-corrected chi connectivity index (χ1v) is 17.4. The fourth-order valence-corrected chi connectivity index (χ4v) is 8.29. The number of para-hydroxylation sites is 3. The van der Waals surface area contributed by atoms with E-state index >= 15 is 0 Å². The average Bonchev–Trinajstić information content (AvgIpc) is 3.74. The van der Waals surface area contributed by atoms with Crippen LogP contribution in [0.2, 0.25) is 0 Å². The Morgan fingerprint density at radius 1 is 0.373 bits per heavy atom. The molecule has 0 atom stereocenters. The zero-order valence-electron chi connectivity index (χ0n) is 27.6. The first kappa shape index (κ1) is 28.0. The lowest BCUT2D eigenvalue weighted by Gasteiger charge is -2.27. The number of hydrogen-bond donors (Lipinski definition) is 0. The molecule has 2 heterocycles. The molecule has 0 saturated carbocycles. The van der Waals surface area contributed by atoms with E-state index in [1.54, 1.807) is 0 Å². The second-order valence-corrected chi connectivity index (χ2v) is 13.3. The number of nitrogens with zero attached hydrogens (tertiary/aromatic N) is 2. The lowest BCUT2D eigenvalue weighted by molar-refractivity contribution is 0.669. The molecule has 0 N–H and O–H groups in total. The van der Waals surface area contributed by atoms with Gasteiger partial charge in [-0.25, -0.2) is 0 Å². The number of anilines is 3. The summed E-state index contributed by atoms with van der Waals surface area (Å²) in [4.78, 5) is 2.41. The Hall–Kier alpha value is -6.84. The third-order valence-corrected chi connectivity index (χ3v) is 10.5. The highest BCUT2D eigenvalue weighted by Gasteiger charge is 2.22. The van der Waals surface area contributed by atoms with Gasteiger partial charge in [-0.1, -0.05) is 115 Å². The fourth-order valence-electron chi connectivity index (χ4n) is 8.29. The Kier molecular flexibility index (Phi) is 5.96. The zero-order valence-corrected chi connectivity index (χ0v) is 27.6. The van der Waals surface area contributed by atoms with Crippen LogP contribution in [0.4, 0.5) is 17.1 Å². The molecule has 51 heavy (non-hydrogen) atoms. The summed E-state index contributed by atoms with van der Waals surface area (Å²) in [5.41, 5.74) is 8.48. The van der Waals surface area contributed by atoms with E-state index in [4.69, 9.17) is 4.42 Å². The van der Waals surface area contributed by atoms with Crippen molar-refractivity contribution in [2.24, 2.45) is 0 Å². The topological polar surface area (TPSA) is 21.3 Å². The summed E-state index contributed by atoms with van der Waals surface area (Å²) in [6.07, 6.45) is 0. The number of furan rings is 1. The molecule has 3 heteroatoms. The van der Waals surface area contributed by atoms with Crippen LogP contribution in [0.3, 0.4) is 0 Å². The van der Waals surface area contributed by atoms with E-state index in [-0.39, 0.29) is 0 Å². The fraction of sp³-hybridized carbons (Fsp3) is 0. The third-order valence-electron chi connectivity index (χ3n) is 10.5. The molecule has 11 rings (SSSR count). The monoisotopic (exact) mass is 650 g/mol. The van der Waals surface area contributed by atoms with E-state index in [1.165, 1.54) is 48.6 Å². The molecule has 0 fully saturated rings. The summed E-state index contributed by atoms with van der Waals surface area (Å²) in [6, 6.07) is 65.6. The standard InChI is InChI=1S/C48H30N2O/c1-2-12-34(13-3-1)50-42-17-8-6-16-41(42)48-43(18-10-19-44(48)50)49(36-26-28-40-39-15-7-9-20-45(39)51-46(40)30-36)35-25-27-38-33(29-35)24-23-32-22-21-31-11-4-5-14-37(31)47(32)38/h1-30H. The second-order valence-electron chi connectivity index (χ2n) is 13.3. The second kappa shape index (κ2) is 10.8. The third kappa shape index (κ3) is 4.19. The van der Waals surface area contributed by atoms with Gasteiger partial charge in [0.25, 0.3) is 0 Å². The Bertz CT molecular complexity index is 3150. The van der Waals surface area contributed by atoms with Gasteiger partial charge in [0, 0.05) is 44.7 Å². The van der Waals surface area contributed by atoms with Crippen molar-refractivity contribution in [1.29, 1.82) is 0 Å². The van der Waals surface area contributed by atoms with E-state index < -0.39 is 0 Å². The minimum atomic E-state index is 0.871. The highest BCUT2D eigenvalue weighted by Crippen LogP contribution is 2.46. The molecule has 0 saturated heterocycles. The highest BCUT2D eigenvalue weighted by atomic mass is 16.3. The van der Waals surface area contributed by atoms with Crippen LogP contribution in [0, 0.1) is 0 Å². The van der Waals surface area contributed by atoms with E-state index in [0.29, 0.717) is 0 Å². The van der Waals surface area contributed by atoms with Crippen molar-refractivity contribution in [2.75, 3.05) is 4.90 Å². The van der Waals surface area contributed by atoms with E-state index in [2.05, 4.69) is 179 Å². The average molecular weight is 651 g/mol. The number of hydrogen-bond acceptors (Lipinski definition) is 2. The Morgan fingerprint density at radius 3 is 1.88 bits per heavy atom. The summed E-state index contributed by atoms with van der Waals surface area (Å²) in [5.74, 6) is 0. The number of benzene rings is 9. The van der Waals surface area contributed by atoms with E-state index in [0.717, 1.165) is 50.2 Å². The van der Waals surface area contributed by atoms with Crippen LogP contribution in [0.1, 0.15) is 0 Å². The van der Waals surface area contributed by atoms with Gasteiger partial charge in [0.2, 0.25) is 0 Å². The van der Waals surface area contributed by atoms with Crippen LogP contribution >= 0.6 is 0 Å². The molecule has 0 bridgehead atoms. The SMILES string of the molecule is c1ccc(-n2c3ccccc3c3c(N(c4ccc5c(ccc6ccc7ccccc7c65)c4)c4ccc5c(c4)oc4ccccc45)cccc32)cc1. The van der Waals surface area contributed by atoms with Gasteiger partial charge in [0.15, 0.2) is 0 Å². The van der Waals surface area contributed by atoms with Gasteiger partial charge in [-0.15, -0.1) is 0 Å². The maximum absolute atomic E-state index is 6.46. The van der Waals surface area contributed by atoms with Crippen LogP contribution < -0.4 is 4.90 Å². The predicted octanol–water partition coefficient (Wildman–Crippen LogP) is 13.6. The normalized spacial score (nSPS) is 11.9. The van der Waals surface area contributed by atoms with Gasteiger partial charge in [-0.3, -0.25) is 0 Å². The summed E-state index contributed by atoms with van der Waals surface area (Å²) in [5, 5.41) is 12.2. The lowest BCUT2D eigenvalue weighted by atomic mass is 9.96. The van der Waals surface area contributed by atoms with Crippen molar-refractivity contribution < 1.29 is 4.42 Å².